The summed E-state index contributed by atoms with van der Waals surface area (Å²) in [6, 6.07) is 7.66. The lowest BCUT2D eigenvalue weighted by Crippen LogP contribution is -2.46. The Bertz CT molecular complexity index is 378. The summed E-state index contributed by atoms with van der Waals surface area (Å²) in [5, 5.41) is 12.5. The molecular formula is C13H19NO2S. The smallest absolute Gasteiger partial charge is 0.328 e. The summed E-state index contributed by atoms with van der Waals surface area (Å²) in [7, 11) is 0. The highest BCUT2D eigenvalue weighted by molar-refractivity contribution is 7.98. The molecule has 0 aliphatic heterocycles. The summed E-state index contributed by atoms with van der Waals surface area (Å²) in [5.41, 5.74) is -0.219. The summed E-state index contributed by atoms with van der Waals surface area (Å²) in [6.07, 6.45) is 2.91. The van der Waals surface area contributed by atoms with Gasteiger partial charge >= 0.3 is 5.97 Å². The largest absolute Gasteiger partial charge is 0.480 e. The summed E-state index contributed by atoms with van der Waals surface area (Å²) in [5.74, 6) is -0.845. The van der Waals surface area contributed by atoms with Gasteiger partial charge in [-0.15, -0.1) is 11.8 Å². The summed E-state index contributed by atoms with van der Waals surface area (Å²) in [4.78, 5) is 12.6. The maximum atomic E-state index is 11.4. The standard InChI is InChI=1S/C13H19NO2S/c1-4-9-14-13(2,12(15)16)10-5-7-11(17-3)8-6-10/h5-8,14H,4,9H2,1-3H3,(H,15,16). The van der Waals surface area contributed by atoms with Crippen LogP contribution < -0.4 is 5.32 Å². The number of carboxylic acids is 1. The fourth-order valence-electron chi connectivity index (χ4n) is 1.60. The van der Waals surface area contributed by atoms with E-state index in [9.17, 15) is 9.90 Å². The van der Waals surface area contributed by atoms with Gasteiger partial charge in [-0.05, 0) is 43.8 Å². The Hall–Kier alpha value is -1.00. The number of hydrogen-bond donors (Lipinski definition) is 2. The lowest BCUT2D eigenvalue weighted by molar-refractivity contribution is -0.144. The molecule has 1 atom stereocenters. The minimum absolute atomic E-state index is 0.688. The zero-order valence-electron chi connectivity index (χ0n) is 10.5. The van der Waals surface area contributed by atoms with E-state index < -0.39 is 11.5 Å². The van der Waals surface area contributed by atoms with Crippen molar-refractivity contribution in [3.63, 3.8) is 0 Å². The molecule has 0 fully saturated rings. The molecule has 1 rings (SSSR count). The minimum atomic E-state index is -1.01. The minimum Gasteiger partial charge on any atom is -0.480 e. The first-order valence-electron chi connectivity index (χ1n) is 5.67. The summed E-state index contributed by atoms with van der Waals surface area (Å²) < 4.78 is 0. The highest BCUT2D eigenvalue weighted by atomic mass is 32.2. The van der Waals surface area contributed by atoms with E-state index in [-0.39, 0.29) is 0 Å². The first-order chi connectivity index (χ1) is 8.04. The van der Waals surface area contributed by atoms with Crippen LogP contribution in [0.3, 0.4) is 0 Å². The van der Waals surface area contributed by atoms with Crippen LogP contribution in [0, 0.1) is 0 Å². The van der Waals surface area contributed by atoms with E-state index in [1.54, 1.807) is 18.7 Å². The number of rotatable bonds is 6. The summed E-state index contributed by atoms with van der Waals surface area (Å²) >= 11 is 1.65. The van der Waals surface area contributed by atoms with Gasteiger partial charge < -0.3 is 5.11 Å². The average molecular weight is 253 g/mol. The van der Waals surface area contributed by atoms with Crippen LogP contribution in [0.25, 0.3) is 0 Å². The zero-order chi connectivity index (χ0) is 12.9. The van der Waals surface area contributed by atoms with Gasteiger partial charge in [-0.3, -0.25) is 5.32 Å². The maximum Gasteiger partial charge on any atom is 0.328 e. The topological polar surface area (TPSA) is 49.3 Å². The molecule has 17 heavy (non-hydrogen) atoms. The van der Waals surface area contributed by atoms with Crippen molar-refractivity contribution in [3.05, 3.63) is 29.8 Å². The van der Waals surface area contributed by atoms with Crippen molar-refractivity contribution < 1.29 is 9.90 Å². The molecule has 0 amide bonds. The van der Waals surface area contributed by atoms with Crippen LogP contribution in [-0.2, 0) is 10.3 Å². The molecule has 0 saturated heterocycles. The van der Waals surface area contributed by atoms with E-state index in [0.29, 0.717) is 6.54 Å². The Morgan fingerprint density at radius 1 is 1.41 bits per heavy atom. The van der Waals surface area contributed by atoms with Gasteiger partial charge in [-0.2, -0.15) is 0 Å². The van der Waals surface area contributed by atoms with Crippen molar-refractivity contribution in [2.75, 3.05) is 12.8 Å². The molecular weight excluding hydrogens is 234 g/mol. The molecule has 1 aromatic rings. The van der Waals surface area contributed by atoms with Crippen LogP contribution in [-0.4, -0.2) is 23.9 Å². The third-order valence-electron chi connectivity index (χ3n) is 2.82. The predicted octanol–water partition coefficient (Wildman–Crippen LogP) is 2.71. The molecule has 0 radical (unpaired) electrons. The molecule has 0 bridgehead atoms. The third-order valence-corrected chi connectivity index (χ3v) is 3.57. The Balaban J connectivity index is 3.00. The van der Waals surface area contributed by atoms with E-state index in [1.807, 2.05) is 37.4 Å². The molecule has 94 valence electrons. The van der Waals surface area contributed by atoms with E-state index in [4.69, 9.17) is 0 Å². The molecule has 3 nitrogen and oxygen atoms in total. The molecule has 4 heteroatoms. The van der Waals surface area contributed by atoms with Gasteiger partial charge in [0.1, 0.15) is 5.54 Å². The second-order valence-corrected chi connectivity index (χ2v) is 4.97. The van der Waals surface area contributed by atoms with Crippen molar-refractivity contribution in [1.29, 1.82) is 0 Å². The van der Waals surface area contributed by atoms with E-state index in [1.165, 1.54) is 0 Å². The van der Waals surface area contributed by atoms with Gasteiger partial charge in [0.05, 0.1) is 0 Å². The zero-order valence-corrected chi connectivity index (χ0v) is 11.3. The first kappa shape index (κ1) is 14.1. The second kappa shape index (κ2) is 6.07. The molecule has 0 heterocycles. The number of carboxylic acid groups (broad SMARTS) is 1. The molecule has 0 saturated carbocycles. The lowest BCUT2D eigenvalue weighted by atomic mass is 9.92. The number of carbonyl (C=O) groups is 1. The van der Waals surface area contributed by atoms with Crippen molar-refractivity contribution >= 4 is 17.7 Å². The molecule has 0 aliphatic rings. The average Bonchev–Trinajstić information content (AvgIpc) is 2.35. The van der Waals surface area contributed by atoms with Crippen molar-refractivity contribution in [2.24, 2.45) is 0 Å². The fraction of sp³-hybridized carbons (Fsp3) is 0.462. The van der Waals surface area contributed by atoms with Gasteiger partial charge in [0, 0.05) is 4.90 Å². The summed E-state index contributed by atoms with van der Waals surface area (Å²) in [6.45, 7) is 4.41. The quantitative estimate of drug-likeness (QED) is 0.765. The fourth-order valence-corrected chi connectivity index (χ4v) is 2.01. The van der Waals surface area contributed by atoms with Crippen molar-refractivity contribution in [2.45, 2.75) is 30.7 Å². The van der Waals surface area contributed by atoms with Gasteiger partial charge in [-0.25, -0.2) is 4.79 Å². The molecule has 0 aliphatic carbocycles. The van der Waals surface area contributed by atoms with Crippen molar-refractivity contribution in [1.82, 2.24) is 5.32 Å². The van der Waals surface area contributed by atoms with Gasteiger partial charge in [0.15, 0.2) is 0 Å². The molecule has 1 unspecified atom stereocenters. The Kier molecular flexibility index (Phi) is 5.02. The second-order valence-electron chi connectivity index (χ2n) is 4.09. The molecule has 0 spiro atoms. The highest BCUT2D eigenvalue weighted by Gasteiger charge is 2.34. The number of thioether (sulfide) groups is 1. The van der Waals surface area contributed by atoms with E-state index in [0.717, 1.165) is 16.9 Å². The van der Waals surface area contributed by atoms with Crippen molar-refractivity contribution in [3.8, 4) is 0 Å². The van der Waals surface area contributed by atoms with Crippen LogP contribution >= 0.6 is 11.8 Å². The van der Waals surface area contributed by atoms with Crippen LogP contribution in [0.15, 0.2) is 29.2 Å². The number of benzene rings is 1. The van der Waals surface area contributed by atoms with Crippen LogP contribution in [0.1, 0.15) is 25.8 Å². The Morgan fingerprint density at radius 2 is 2.00 bits per heavy atom. The van der Waals surface area contributed by atoms with E-state index >= 15 is 0 Å². The van der Waals surface area contributed by atoms with Gasteiger partial charge in [0.2, 0.25) is 0 Å². The molecule has 2 N–H and O–H groups in total. The highest BCUT2D eigenvalue weighted by Crippen LogP contribution is 2.24. The Labute approximate surface area is 107 Å². The van der Waals surface area contributed by atoms with Crippen LogP contribution in [0.5, 0.6) is 0 Å². The number of nitrogens with one attached hydrogen (secondary N) is 1. The number of hydrogen-bond acceptors (Lipinski definition) is 3. The SMILES string of the molecule is CCCNC(C)(C(=O)O)c1ccc(SC)cc1. The maximum absolute atomic E-state index is 11.4. The molecule has 0 aromatic heterocycles. The Morgan fingerprint density at radius 3 is 2.41 bits per heavy atom. The van der Waals surface area contributed by atoms with Crippen LogP contribution in [0.2, 0.25) is 0 Å². The van der Waals surface area contributed by atoms with Gasteiger partial charge in [0.25, 0.3) is 0 Å². The lowest BCUT2D eigenvalue weighted by Gasteiger charge is -2.27. The normalized spacial score (nSPS) is 14.3. The number of aliphatic carboxylic acids is 1. The third kappa shape index (κ3) is 3.23. The van der Waals surface area contributed by atoms with E-state index in [2.05, 4.69) is 5.32 Å². The first-order valence-corrected chi connectivity index (χ1v) is 6.90. The predicted molar refractivity (Wildman–Crippen MR) is 71.5 cm³/mol. The van der Waals surface area contributed by atoms with Crippen LogP contribution in [0.4, 0.5) is 0 Å². The molecule has 1 aromatic carbocycles. The van der Waals surface area contributed by atoms with Gasteiger partial charge in [-0.1, -0.05) is 19.1 Å². The monoisotopic (exact) mass is 253 g/mol.